The molecule has 0 saturated carbocycles. The number of benzene rings is 3. The van der Waals surface area contributed by atoms with Crippen LogP contribution in [0.25, 0.3) is 0 Å². The zero-order valence-electron chi connectivity index (χ0n) is 30.3. The third-order valence-electron chi connectivity index (χ3n) is 10.4. The summed E-state index contributed by atoms with van der Waals surface area (Å²) < 4.78 is 11.2. The van der Waals surface area contributed by atoms with E-state index in [1.807, 2.05) is 91.0 Å². The lowest BCUT2D eigenvalue weighted by atomic mass is 9.96. The Balaban J connectivity index is 1.14. The van der Waals surface area contributed by atoms with Gasteiger partial charge in [-0.25, -0.2) is 20.0 Å². The molecule has 6 rings (SSSR count). The number of piperidine rings is 1. The Hall–Kier alpha value is -5.23. The van der Waals surface area contributed by atoms with Gasteiger partial charge in [-0.1, -0.05) is 91.0 Å². The molecule has 4 atom stereocenters. The molecule has 0 radical (unpaired) electrons. The van der Waals surface area contributed by atoms with E-state index < -0.39 is 36.2 Å². The second kappa shape index (κ2) is 18.0. The van der Waals surface area contributed by atoms with E-state index in [1.165, 1.54) is 9.91 Å². The first-order valence-corrected chi connectivity index (χ1v) is 18.7. The van der Waals surface area contributed by atoms with E-state index in [4.69, 9.17) is 9.47 Å². The number of carbonyl (C=O) groups excluding carboxylic acids is 5. The Bertz CT molecular complexity index is 1710. The van der Waals surface area contributed by atoms with Gasteiger partial charge in [0.25, 0.3) is 0 Å². The largest absolute Gasteiger partial charge is 0.459 e. The minimum Gasteiger partial charge on any atom is -0.459 e. The van der Waals surface area contributed by atoms with Gasteiger partial charge in [0.15, 0.2) is 0 Å². The summed E-state index contributed by atoms with van der Waals surface area (Å²) in [5, 5.41) is 1.34. The van der Waals surface area contributed by atoms with Crippen LogP contribution in [0.5, 0.6) is 0 Å². The molecule has 3 saturated heterocycles. The molecule has 1 unspecified atom stereocenters. The number of nitrogens with zero attached hydrogens (tertiary/aromatic N) is 4. The number of esters is 1. The lowest BCUT2D eigenvalue weighted by Gasteiger charge is -2.42. The van der Waals surface area contributed by atoms with Crippen LogP contribution in [0, 0.1) is 0 Å². The fourth-order valence-electron chi connectivity index (χ4n) is 7.45. The number of hydrazine groups is 1. The molecule has 53 heavy (non-hydrogen) atoms. The number of ether oxygens (including phenoxy) is 2. The highest BCUT2D eigenvalue weighted by Gasteiger charge is 2.44. The second-order valence-corrected chi connectivity index (χ2v) is 14.0. The molecule has 3 aliphatic heterocycles. The SMILES string of the molecule is CN(C(=O)[C@@H]1CCCCN1C(=O)C1CCCN(C(=O)OCc2ccccc2)N1)[C@H](Cc1ccccc1)C(=O)N1CCC[C@H]1C(=O)OCc1ccccc1. The third-order valence-corrected chi connectivity index (χ3v) is 10.4. The molecule has 0 aliphatic carbocycles. The maximum absolute atomic E-state index is 14.5. The van der Waals surface area contributed by atoms with Crippen molar-refractivity contribution in [3.8, 4) is 0 Å². The molecule has 3 fully saturated rings. The van der Waals surface area contributed by atoms with Crippen LogP contribution in [0.15, 0.2) is 91.0 Å². The van der Waals surface area contributed by atoms with E-state index in [9.17, 15) is 24.0 Å². The first-order chi connectivity index (χ1) is 25.8. The molecule has 3 aromatic carbocycles. The van der Waals surface area contributed by atoms with Crippen molar-refractivity contribution in [3.05, 3.63) is 108 Å². The van der Waals surface area contributed by atoms with Gasteiger partial charge in [0.2, 0.25) is 17.7 Å². The highest BCUT2D eigenvalue weighted by Crippen LogP contribution is 2.26. The van der Waals surface area contributed by atoms with Crippen molar-refractivity contribution < 1.29 is 33.4 Å². The Morgan fingerprint density at radius 3 is 1.91 bits per heavy atom. The van der Waals surface area contributed by atoms with Crippen LogP contribution in [-0.4, -0.2) is 100 Å². The first kappa shape index (κ1) is 37.5. The summed E-state index contributed by atoms with van der Waals surface area (Å²) in [6.45, 7) is 1.38. The van der Waals surface area contributed by atoms with Crippen molar-refractivity contribution in [2.75, 3.05) is 26.7 Å². The number of nitrogens with one attached hydrogen (secondary N) is 1. The summed E-state index contributed by atoms with van der Waals surface area (Å²) in [5.74, 6) is -1.38. The highest BCUT2D eigenvalue weighted by molar-refractivity contribution is 5.95. The Morgan fingerprint density at radius 2 is 1.25 bits per heavy atom. The van der Waals surface area contributed by atoms with Gasteiger partial charge in [0.1, 0.15) is 37.4 Å². The zero-order chi connectivity index (χ0) is 37.2. The van der Waals surface area contributed by atoms with E-state index >= 15 is 0 Å². The van der Waals surface area contributed by atoms with Gasteiger partial charge in [-0.2, -0.15) is 0 Å². The van der Waals surface area contributed by atoms with Crippen LogP contribution < -0.4 is 5.43 Å². The Kier molecular flexibility index (Phi) is 12.7. The quantitative estimate of drug-likeness (QED) is 0.287. The van der Waals surface area contributed by atoms with E-state index in [-0.39, 0.29) is 37.4 Å². The van der Waals surface area contributed by atoms with Crippen molar-refractivity contribution in [3.63, 3.8) is 0 Å². The van der Waals surface area contributed by atoms with Gasteiger partial charge in [0.05, 0.1) is 0 Å². The molecule has 0 bridgehead atoms. The van der Waals surface area contributed by atoms with E-state index in [1.54, 1.807) is 16.8 Å². The van der Waals surface area contributed by atoms with Crippen molar-refractivity contribution in [2.45, 2.75) is 88.7 Å². The summed E-state index contributed by atoms with van der Waals surface area (Å²) in [6, 6.07) is 25.1. The molecule has 4 amide bonds. The number of carbonyl (C=O) groups is 5. The molecule has 3 aliphatic rings. The molecule has 0 aromatic heterocycles. The maximum atomic E-state index is 14.5. The van der Waals surface area contributed by atoms with Crippen LogP contribution in [0.4, 0.5) is 4.79 Å². The standard InChI is InChI=1S/C41H49N5O7/c1-43(36(27-30-15-5-2-6-16-30)39(49)45-25-14-23-35(45)40(50)52-28-31-17-7-3-8-18-31)38(48)34-22-11-12-24-44(34)37(47)33-21-13-26-46(42-33)41(51)53-29-32-19-9-4-10-20-32/h2-10,15-20,33-36,42H,11-14,21-29H2,1H3/t33?,34-,35-,36+/m0/s1. The summed E-state index contributed by atoms with van der Waals surface area (Å²) >= 11 is 0. The lowest BCUT2D eigenvalue weighted by Crippen LogP contribution is -2.63. The molecule has 3 heterocycles. The van der Waals surface area contributed by atoms with E-state index in [0.717, 1.165) is 29.5 Å². The number of hydrogen-bond donors (Lipinski definition) is 1. The van der Waals surface area contributed by atoms with E-state index in [0.29, 0.717) is 51.7 Å². The Labute approximate surface area is 311 Å². The number of likely N-dealkylation sites (tertiary alicyclic amines) is 2. The van der Waals surface area contributed by atoms with Gasteiger partial charge < -0.3 is 24.2 Å². The van der Waals surface area contributed by atoms with Crippen LogP contribution in [0.2, 0.25) is 0 Å². The molecular formula is C41H49N5O7. The number of likely N-dealkylation sites (N-methyl/N-ethyl adjacent to an activating group) is 1. The predicted molar refractivity (Wildman–Crippen MR) is 197 cm³/mol. The molecule has 12 nitrogen and oxygen atoms in total. The number of amides is 4. The summed E-state index contributed by atoms with van der Waals surface area (Å²) in [5.41, 5.74) is 5.64. The average Bonchev–Trinajstić information content (AvgIpc) is 3.72. The minimum atomic E-state index is -0.908. The number of rotatable bonds is 11. The summed E-state index contributed by atoms with van der Waals surface area (Å²) in [7, 11) is 1.62. The average molecular weight is 724 g/mol. The molecule has 3 aromatic rings. The predicted octanol–water partition coefficient (Wildman–Crippen LogP) is 4.48. The van der Waals surface area contributed by atoms with E-state index in [2.05, 4.69) is 5.43 Å². The fraction of sp³-hybridized carbons (Fsp3) is 0.439. The monoisotopic (exact) mass is 723 g/mol. The van der Waals surface area contributed by atoms with Crippen molar-refractivity contribution in [2.24, 2.45) is 0 Å². The second-order valence-electron chi connectivity index (χ2n) is 14.0. The molecule has 12 heteroatoms. The maximum Gasteiger partial charge on any atom is 0.424 e. The lowest BCUT2D eigenvalue weighted by molar-refractivity contribution is -0.158. The smallest absolute Gasteiger partial charge is 0.424 e. The third kappa shape index (κ3) is 9.42. The van der Waals surface area contributed by atoms with Gasteiger partial charge in [-0.15, -0.1) is 0 Å². The van der Waals surface area contributed by atoms with Crippen LogP contribution >= 0.6 is 0 Å². The topological polar surface area (TPSA) is 129 Å². The minimum absolute atomic E-state index is 0.109. The fourth-order valence-corrected chi connectivity index (χ4v) is 7.45. The van der Waals surface area contributed by atoms with Crippen molar-refractivity contribution >= 4 is 29.8 Å². The van der Waals surface area contributed by atoms with Gasteiger partial charge in [-0.05, 0) is 61.6 Å². The summed E-state index contributed by atoms with van der Waals surface area (Å²) in [4.78, 5) is 73.9. The highest BCUT2D eigenvalue weighted by atomic mass is 16.6. The Morgan fingerprint density at radius 1 is 0.679 bits per heavy atom. The number of hydrogen-bond acceptors (Lipinski definition) is 8. The zero-order valence-corrected chi connectivity index (χ0v) is 30.3. The first-order valence-electron chi connectivity index (χ1n) is 18.7. The van der Waals surface area contributed by atoms with Crippen LogP contribution in [-0.2, 0) is 48.3 Å². The summed E-state index contributed by atoms with van der Waals surface area (Å²) in [6.07, 6.45) is 3.83. The van der Waals surface area contributed by atoms with Crippen molar-refractivity contribution in [1.82, 2.24) is 25.1 Å². The van der Waals surface area contributed by atoms with Crippen molar-refractivity contribution in [1.29, 1.82) is 0 Å². The normalized spacial score (nSPS) is 20.7. The van der Waals surface area contributed by atoms with Crippen LogP contribution in [0.3, 0.4) is 0 Å². The van der Waals surface area contributed by atoms with Gasteiger partial charge >= 0.3 is 12.1 Å². The molecule has 1 N–H and O–H groups in total. The van der Waals surface area contributed by atoms with Gasteiger partial charge in [-0.3, -0.25) is 14.4 Å². The molecule has 280 valence electrons. The molecular weight excluding hydrogens is 674 g/mol. The molecule has 0 spiro atoms. The van der Waals surface area contributed by atoms with Gasteiger partial charge in [0, 0.05) is 33.1 Å². The van der Waals surface area contributed by atoms with Crippen LogP contribution in [0.1, 0.15) is 61.6 Å².